The number of halogens is 3. The molecule has 2 aromatic heterocycles. The Hall–Kier alpha value is -3.90. The number of alkyl halides is 3. The molecular weight excluding hydrogens is 419 g/mol. The highest BCUT2D eigenvalue weighted by Gasteiger charge is 2.30. The molecule has 31 heavy (non-hydrogen) atoms. The highest BCUT2D eigenvalue weighted by molar-refractivity contribution is 5.55. The number of rotatable bonds is 4. The Kier molecular flexibility index (Phi) is 5.31. The Balaban J connectivity index is 1.47. The lowest BCUT2D eigenvalue weighted by Crippen LogP contribution is -2.34. The van der Waals surface area contributed by atoms with E-state index < -0.39 is 16.7 Å². The standard InChI is InChI=1S/C18H16F3N7O3/c19-18(20,21)12-1-3-13(4-2-12)23-16-22-6-5-14(24-16)26-7-8-27-11-15(28(29)30)25-17(27)31-10-9-26/h1-6,11H,7-10H2,(H,22,23,24). The summed E-state index contributed by atoms with van der Waals surface area (Å²) in [5, 5.41) is 13.8. The van der Waals surface area contributed by atoms with E-state index in [0.717, 1.165) is 12.1 Å². The van der Waals surface area contributed by atoms with E-state index in [1.807, 2.05) is 4.90 Å². The van der Waals surface area contributed by atoms with E-state index in [0.29, 0.717) is 31.1 Å². The summed E-state index contributed by atoms with van der Waals surface area (Å²) in [5.41, 5.74) is -0.330. The Morgan fingerprint density at radius 2 is 1.87 bits per heavy atom. The summed E-state index contributed by atoms with van der Waals surface area (Å²) in [6, 6.07) is 6.44. The van der Waals surface area contributed by atoms with Gasteiger partial charge < -0.3 is 25.1 Å². The summed E-state index contributed by atoms with van der Waals surface area (Å²) in [6.07, 6.45) is -1.56. The summed E-state index contributed by atoms with van der Waals surface area (Å²) in [5.74, 6) is 0.513. The van der Waals surface area contributed by atoms with Gasteiger partial charge in [0.05, 0.1) is 12.1 Å². The third-order valence-corrected chi connectivity index (χ3v) is 4.55. The monoisotopic (exact) mass is 435 g/mol. The van der Waals surface area contributed by atoms with Gasteiger partial charge in [-0.15, -0.1) is 0 Å². The van der Waals surface area contributed by atoms with Crippen LogP contribution in [0, 0.1) is 10.1 Å². The van der Waals surface area contributed by atoms with Crippen LogP contribution < -0.4 is 15.0 Å². The van der Waals surface area contributed by atoms with Gasteiger partial charge >= 0.3 is 18.0 Å². The van der Waals surface area contributed by atoms with Crippen LogP contribution in [0.1, 0.15) is 5.56 Å². The molecule has 1 N–H and O–H groups in total. The molecule has 1 aliphatic heterocycles. The molecule has 0 bridgehead atoms. The number of benzene rings is 1. The number of anilines is 3. The number of nitro groups is 1. The van der Waals surface area contributed by atoms with Gasteiger partial charge in [-0.1, -0.05) is 0 Å². The lowest BCUT2D eigenvalue weighted by atomic mass is 10.2. The summed E-state index contributed by atoms with van der Waals surface area (Å²) in [6.45, 7) is 1.57. The molecule has 0 unspecified atom stereocenters. The lowest BCUT2D eigenvalue weighted by molar-refractivity contribution is -0.389. The van der Waals surface area contributed by atoms with Crippen LogP contribution in [0.15, 0.2) is 42.7 Å². The zero-order chi connectivity index (χ0) is 22.0. The van der Waals surface area contributed by atoms with Crippen LogP contribution >= 0.6 is 0 Å². The molecule has 0 amide bonds. The van der Waals surface area contributed by atoms with Crippen molar-refractivity contribution in [1.29, 1.82) is 0 Å². The Bertz CT molecular complexity index is 1090. The fourth-order valence-corrected chi connectivity index (χ4v) is 3.02. The minimum absolute atomic E-state index is 0.193. The Morgan fingerprint density at radius 1 is 1.10 bits per heavy atom. The first-order valence-corrected chi connectivity index (χ1v) is 9.16. The maximum atomic E-state index is 12.7. The van der Waals surface area contributed by atoms with Crippen molar-refractivity contribution in [2.45, 2.75) is 12.7 Å². The van der Waals surface area contributed by atoms with E-state index in [4.69, 9.17) is 4.74 Å². The zero-order valence-electron chi connectivity index (χ0n) is 15.9. The largest absolute Gasteiger partial charge is 0.444 e. The van der Waals surface area contributed by atoms with Crippen molar-refractivity contribution in [3.63, 3.8) is 0 Å². The predicted octanol–water partition coefficient (Wildman–Crippen LogP) is 3.24. The van der Waals surface area contributed by atoms with E-state index >= 15 is 0 Å². The molecule has 0 saturated heterocycles. The average Bonchev–Trinajstić information content (AvgIpc) is 3.10. The highest BCUT2D eigenvalue weighted by Crippen LogP contribution is 2.30. The van der Waals surface area contributed by atoms with Gasteiger partial charge in [-0.25, -0.2) is 4.98 Å². The summed E-state index contributed by atoms with van der Waals surface area (Å²) in [4.78, 5) is 24.6. The number of aromatic nitrogens is 4. The number of nitrogens with zero attached hydrogens (tertiary/aromatic N) is 6. The van der Waals surface area contributed by atoms with E-state index in [9.17, 15) is 23.3 Å². The molecular formula is C18H16F3N7O3. The van der Waals surface area contributed by atoms with Gasteiger partial charge in [-0.2, -0.15) is 18.2 Å². The number of hydrogen-bond donors (Lipinski definition) is 1. The number of hydrogen-bond acceptors (Lipinski definition) is 8. The highest BCUT2D eigenvalue weighted by atomic mass is 19.4. The van der Waals surface area contributed by atoms with Gasteiger partial charge in [0.2, 0.25) is 5.95 Å². The zero-order valence-corrected chi connectivity index (χ0v) is 15.9. The molecule has 13 heteroatoms. The summed E-state index contributed by atoms with van der Waals surface area (Å²) >= 11 is 0. The van der Waals surface area contributed by atoms with Crippen molar-refractivity contribution >= 4 is 23.3 Å². The molecule has 1 aliphatic rings. The third kappa shape index (κ3) is 4.65. The Morgan fingerprint density at radius 3 is 2.58 bits per heavy atom. The van der Waals surface area contributed by atoms with Crippen LogP contribution in [-0.2, 0) is 12.7 Å². The minimum atomic E-state index is -4.40. The molecule has 0 atom stereocenters. The molecule has 4 rings (SSSR count). The molecule has 162 valence electrons. The second-order valence-corrected chi connectivity index (χ2v) is 6.61. The van der Waals surface area contributed by atoms with Gasteiger partial charge in [-0.05, 0) is 35.3 Å². The number of ether oxygens (including phenoxy) is 1. The van der Waals surface area contributed by atoms with Crippen LogP contribution in [0.3, 0.4) is 0 Å². The Labute approximate surface area is 173 Å². The van der Waals surface area contributed by atoms with E-state index in [2.05, 4.69) is 20.3 Å². The molecule has 0 saturated carbocycles. The van der Waals surface area contributed by atoms with Gasteiger partial charge in [-0.3, -0.25) is 4.57 Å². The van der Waals surface area contributed by atoms with E-state index in [-0.39, 0.29) is 24.4 Å². The van der Waals surface area contributed by atoms with Gasteiger partial charge in [0.25, 0.3) is 0 Å². The van der Waals surface area contributed by atoms with Crippen molar-refractivity contribution in [3.8, 4) is 6.01 Å². The van der Waals surface area contributed by atoms with E-state index in [1.54, 1.807) is 10.6 Å². The predicted molar refractivity (Wildman–Crippen MR) is 103 cm³/mol. The third-order valence-electron chi connectivity index (χ3n) is 4.55. The van der Waals surface area contributed by atoms with Crippen molar-refractivity contribution in [2.75, 3.05) is 29.9 Å². The second-order valence-electron chi connectivity index (χ2n) is 6.61. The van der Waals surface area contributed by atoms with Crippen molar-refractivity contribution < 1.29 is 22.8 Å². The van der Waals surface area contributed by atoms with E-state index in [1.165, 1.54) is 24.5 Å². The quantitative estimate of drug-likeness (QED) is 0.491. The maximum Gasteiger partial charge on any atom is 0.416 e. The molecule has 0 fully saturated rings. The molecule has 10 nitrogen and oxygen atoms in total. The van der Waals surface area contributed by atoms with Crippen LogP contribution in [0.5, 0.6) is 6.01 Å². The average molecular weight is 435 g/mol. The molecule has 3 heterocycles. The normalized spacial score (nSPS) is 14.2. The van der Waals surface area contributed by atoms with Crippen LogP contribution in [0.4, 0.5) is 36.4 Å². The van der Waals surface area contributed by atoms with Crippen LogP contribution in [-0.4, -0.2) is 44.1 Å². The minimum Gasteiger partial charge on any atom is -0.444 e. The lowest BCUT2D eigenvalue weighted by Gasteiger charge is -2.25. The number of fused-ring (bicyclic) bond motifs is 1. The van der Waals surface area contributed by atoms with Crippen molar-refractivity contribution in [1.82, 2.24) is 19.5 Å². The van der Waals surface area contributed by atoms with Gasteiger partial charge in [0.1, 0.15) is 18.6 Å². The molecule has 1 aromatic carbocycles. The van der Waals surface area contributed by atoms with Crippen molar-refractivity contribution in [2.24, 2.45) is 0 Å². The molecule has 0 radical (unpaired) electrons. The fraction of sp³-hybridized carbons (Fsp3) is 0.278. The topological polar surface area (TPSA) is 111 Å². The SMILES string of the molecule is O=[N+]([O-])c1cn2c(n1)OCCN(c1ccnc(Nc3ccc(C(F)(F)F)cc3)n1)CC2. The molecule has 0 aliphatic carbocycles. The summed E-state index contributed by atoms with van der Waals surface area (Å²) < 4.78 is 45.2. The van der Waals surface area contributed by atoms with Crippen LogP contribution in [0.2, 0.25) is 0 Å². The van der Waals surface area contributed by atoms with Gasteiger partial charge in [0, 0.05) is 30.0 Å². The molecule has 3 aromatic rings. The van der Waals surface area contributed by atoms with Crippen molar-refractivity contribution in [3.05, 3.63) is 58.4 Å². The maximum absolute atomic E-state index is 12.7. The summed E-state index contributed by atoms with van der Waals surface area (Å²) in [7, 11) is 0. The number of imidazole rings is 1. The first-order chi connectivity index (χ1) is 14.8. The number of nitrogens with one attached hydrogen (secondary N) is 1. The van der Waals surface area contributed by atoms with Crippen LogP contribution in [0.25, 0.3) is 0 Å². The first kappa shape index (κ1) is 20.4. The fourth-order valence-electron chi connectivity index (χ4n) is 3.02. The van der Waals surface area contributed by atoms with Gasteiger partial charge in [0.15, 0.2) is 0 Å². The second kappa shape index (κ2) is 8.08. The smallest absolute Gasteiger partial charge is 0.416 e. The molecule has 0 spiro atoms. The first-order valence-electron chi connectivity index (χ1n) is 9.16.